The van der Waals surface area contributed by atoms with Crippen LogP contribution in [0.2, 0.25) is 0 Å². The van der Waals surface area contributed by atoms with E-state index >= 15 is 0 Å². The third-order valence-electron chi connectivity index (χ3n) is 12.0. The lowest BCUT2D eigenvalue weighted by Crippen LogP contribution is -2.63. The van der Waals surface area contributed by atoms with Crippen LogP contribution in [0.3, 0.4) is 0 Å². The number of azide groups is 3. The zero-order chi connectivity index (χ0) is 30.9. The molecule has 4 fully saturated rings. The highest BCUT2D eigenvalue weighted by Crippen LogP contribution is 2.69. The Morgan fingerprint density at radius 2 is 1.49 bits per heavy atom. The first-order chi connectivity index (χ1) is 20.8. The number of hydrogen-bond acceptors (Lipinski definition) is 7. The first-order valence-corrected chi connectivity index (χ1v) is 16.3. The average molecular weight is 602 g/mol. The second kappa shape index (κ2) is 15.7. The van der Waals surface area contributed by atoms with Crippen LogP contribution in [0.1, 0.15) is 78.6 Å². The minimum atomic E-state index is -0.0520. The van der Waals surface area contributed by atoms with E-state index in [-0.39, 0.29) is 35.7 Å². The van der Waals surface area contributed by atoms with Crippen LogP contribution in [0.15, 0.2) is 15.3 Å². The summed E-state index contributed by atoms with van der Waals surface area (Å²) in [4.78, 5) is 8.72. The molecule has 4 aliphatic carbocycles. The lowest BCUT2D eigenvalue weighted by molar-refractivity contribution is -0.226. The largest absolute Gasteiger partial charge is 0.396 e. The van der Waals surface area contributed by atoms with Gasteiger partial charge in [-0.15, -0.1) is 0 Å². The summed E-state index contributed by atoms with van der Waals surface area (Å²) in [7, 11) is 0. The third-order valence-corrected chi connectivity index (χ3v) is 12.0. The molecule has 0 heterocycles. The van der Waals surface area contributed by atoms with E-state index in [1.54, 1.807) is 0 Å². The van der Waals surface area contributed by atoms with Crippen molar-refractivity contribution in [2.75, 3.05) is 46.1 Å². The maximum Gasteiger partial charge on any atom is 0.0637 e. The van der Waals surface area contributed by atoms with Crippen molar-refractivity contribution < 1.29 is 19.3 Å². The van der Waals surface area contributed by atoms with Gasteiger partial charge in [-0.1, -0.05) is 36.1 Å². The quantitative estimate of drug-likeness (QED) is 0.0835. The summed E-state index contributed by atoms with van der Waals surface area (Å²) >= 11 is 0. The Hall–Kier alpha value is -2.23. The van der Waals surface area contributed by atoms with Gasteiger partial charge in [0.1, 0.15) is 0 Å². The zero-order valence-electron chi connectivity index (χ0n) is 26.2. The number of aliphatic hydroxyl groups is 1. The second-order valence-corrected chi connectivity index (χ2v) is 13.8. The van der Waals surface area contributed by atoms with Crippen LogP contribution < -0.4 is 0 Å². The van der Waals surface area contributed by atoms with E-state index < -0.39 is 0 Å². The van der Waals surface area contributed by atoms with Gasteiger partial charge >= 0.3 is 0 Å². The molecule has 0 bridgehead atoms. The molecule has 0 radical (unpaired) electrons. The third kappa shape index (κ3) is 7.20. The van der Waals surface area contributed by atoms with E-state index in [4.69, 9.17) is 30.8 Å². The fourth-order valence-electron chi connectivity index (χ4n) is 10.1. The van der Waals surface area contributed by atoms with Crippen molar-refractivity contribution in [3.8, 4) is 0 Å². The Labute approximate surface area is 255 Å². The van der Waals surface area contributed by atoms with Crippen LogP contribution in [-0.2, 0) is 14.2 Å². The van der Waals surface area contributed by atoms with Crippen molar-refractivity contribution in [3.05, 3.63) is 31.3 Å². The Balaban J connectivity index is 1.65. The predicted octanol–water partition coefficient (Wildman–Crippen LogP) is 7.36. The number of fused-ring (bicyclic) bond motifs is 5. The van der Waals surface area contributed by atoms with Crippen LogP contribution in [0.5, 0.6) is 0 Å². The Bertz CT molecular complexity index is 1060. The average Bonchev–Trinajstić information content (AvgIpc) is 3.37. The molecule has 4 aliphatic rings. The zero-order valence-corrected chi connectivity index (χ0v) is 26.2. The van der Waals surface area contributed by atoms with E-state index in [0.29, 0.717) is 75.0 Å². The highest BCUT2D eigenvalue weighted by molar-refractivity contribution is 5.15. The molecule has 0 spiro atoms. The monoisotopic (exact) mass is 601 g/mol. The molecule has 0 aromatic carbocycles. The highest BCUT2D eigenvalue weighted by Gasteiger charge is 2.66. The van der Waals surface area contributed by atoms with Crippen molar-refractivity contribution in [1.29, 1.82) is 0 Å². The number of hydrogen-bond donors (Lipinski definition) is 1. The maximum absolute atomic E-state index is 9.57. The smallest absolute Gasteiger partial charge is 0.0637 e. The molecule has 0 aliphatic heterocycles. The fraction of sp³-hybridized carbons (Fsp3) is 1.00. The van der Waals surface area contributed by atoms with Gasteiger partial charge in [-0.3, -0.25) is 0 Å². The molecule has 0 aromatic rings. The summed E-state index contributed by atoms with van der Waals surface area (Å²) in [6, 6.07) is 0. The molecule has 2 unspecified atom stereocenters. The molecule has 1 N–H and O–H groups in total. The number of ether oxygens (including phenoxy) is 3. The molecule has 240 valence electrons. The first kappa shape index (κ1) is 33.7. The molecule has 4 rings (SSSR count). The summed E-state index contributed by atoms with van der Waals surface area (Å²) in [5.41, 5.74) is 26.4. The summed E-state index contributed by atoms with van der Waals surface area (Å²) < 4.78 is 19.6. The molecule has 13 heteroatoms. The van der Waals surface area contributed by atoms with Crippen LogP contribution >= 0.6 is 0 Å². The number of rotatable bonds is 16. The molecule has 11 atom stereocenters. The summed E-state index contributed by atoms with van der Waals surface area (Å²) in [6.45, 7) is 9.75. The van der Waals surface area contributed by atoms with Gasteiger partial charge in [0.05, 0.1) is 38.1 Å². The van der Waals surface area contributed by atoms with Crippen LogP contribution in [-0.4, -0.2) is 69.5 Å². The minimum absolute atomic E-state index is 0.0500. The van der Waals surface area contributed by atoms with Gasteiger partial charge < -0.3 is 19.3 Å². The topological polar surface area (TPSA) is 194 Å². The van der Waals surface area contributed by atoms with E-state index in [2.05, 4.69) is 50.8 Å². The van der Waals surface area contributed by atoms with Crippen LogP contribution in [0.25, 0.3) is 31.3 Å². The Kier molecular flexibility index (Phi) is 12.3. The number of nitrogens with zero attached hydrogens (tertiary/aromatic N) is 9. The van der Waals surface area contributed by atoms with Crippen molar-refractivity contribution >= 4 is 0 Å². The van der Waals surface area contributed by atoms with Gasteiger partial charge in [-0.25, -0.2) is 0 Å². The van der Waals surface area contributed by atoms with Crippen molar-refractivity contribution in [2.24, 2.45) is 61.7 Å². The summed E-state index contributed by atoms with van der Waals surface area (Å²) in [6.07, 6.45) is 9.25. The van der Waals surface area contributed by atoms with Crippen molar-refractivity contribution in [2.45, 2.75) is 96.9 Å². The predicted molar refractivity (Wildman–Crippen MR) is 163 cm³/mol. The molecule has 13 nitrogen and oxygen atoms in total. The van der Waals surface area contributed by atoms with Gasteiger partial charge in [0.25, 0.3) is 0 Å². The van der Waals surface area contributed by atoms with Crippen LogP contribution in [0, 0.1) is 46.3 Å². The van der Waals surface area contributed by atoms with Gasteiger partial charge in [0.2, 0.25) is 0 Å². The molecular formula is C30H51N9O4. The normalized spacial score (nSPS) is 38.8. The van der Waals surface area contributed by atoms with E-state index in [1.807, 2.05) is 0 Å². The summed E-state index contributed by atoms with van der Waals surface area (Å²) in [5, 5.41) is 20.7. The second-order valence-electron chi connectivity index (χ2n) is 13.8. The van der Waals surface area contributed by atoms with Crippen LogP contribution in [0.4, 0.5) is 0 Å². The highest BCUT2D eigenvalue weighted by atomic mass is 16.5. The molecular weight excluding hydrogens is 550 g/mol. The first-order valence-electron chi connectivity index (χ1n) is 16.3. The van der Waals surface area contributed by atoms with Gasteiger partial charge in [-0.05, 0) is 115 Å². The molecule has 0 amide bonds. The van der Waals surface area contributed by atoms with Crippen molar-refractivity contribution in [1.82, 2.24) is 0 Å². The number of aliphatic hydroxyl groups excluding tert-OH is 1. The SMILES string of the molecule is C[C@H](CCCO)[C@H]1CC[C@H]2C3[C@H](OCCN=[N+]=[N-])CC4C[C@@H](OCCN=[N+]=[N-])CC[C@]4(C)[C@H]3C[C@H](OCCN=[N+]=[N-])[C@]12C. The molecule has 4 saturated carbocycles. The Morgan fingerprint density at radius 3 is 2.14 bits per heavy atom. The van der Waals surface area contributed by atoms with E-state index in [9.17, 15) is 5.11 Å². The minimum Gasteiger partial charge on any atom is -0.396 e. The lowest BCUT2D eigenvalue weighted by Gasteiger charge is -2.64. The summed E-state index contributed by atoms with van der Waals surface area (Å²) in [5.74, 6) is 2.59. The van der Waals surface area contributed by atoms with E-state index in [0.717, 1.165) is 57.8 Å². The van der Waals surface area contributed by atoms with Gasteiger partial charge in [0, 0.05) is 46.4 Å². The molecule has 0 saturated heterocycles. The molecule has 43 heavy (non-hydrogen) atoms. The van der Waals surface area contributed by atoms with Gasteiger partial charge in [0.15, 0.2) is 0 Å². The lowest BCUT2D eigenvalue weighted by atomic mass is 9.43. The Morgan fingerprint density at radius 1 is 0.837 bits per heavy atom. The van der Waals surface area contributed by atoms with E-state index in [1.165, 1.54) is 0 Å². The maximum atomic E-state index is 9.57. The van der Waals surface area contributed by atoms with Gasteiger partial charge in [-0.2, -0.15) is 0 Å². The van der Waals surface area contributed by atoms with Crippen molar-refractivity contribution in [3.63, 3.8) is 0 Å². The fourth-order valence-corrected chi connectivity index (χ4v) is 10.1. The standard InChI is InChI=1S/C30H51N9O4/c1-20(5-4-13-40)23-6-7-24-28-25(19-27(30(23,24)3)43-16-12-36-39-33)29(2)9-8-22(41-14-10-34-37-31)17-21(29)18-26(28)42-15-11-35-38-32/h20-28,40H,4-19H2,1-3H3/t20-,21?,22+,23-,24+,25+,26-,27+,28?,29+,30-/m1/s1. The molecule has 0 aromatic heterocycles.